The third-order valence-corrected chi connectivity index (χ3v) is 4.20. The number of hydrogen-bond donors (Lipinski definition) is 0. The molecular weight excluding hydrogens is 224 g/mol. The van der Waals surface area contributed by atoms with E-state index in [9.17, 15) is 0 Å². The van der Waals surface area contributed by atoms with Gasteiger partial charge in [0.15, 0.2) is 0 Å². The van der Waals surface area contributed by atoms with E-state index >= 15 is 0 Å². The SMILES string of the molecule is CCCOC1C(Cl)CC1OCCC1CCC1. The molecule has 3 heteroatoms. The Bertz CT molecular complexity index is 206. The zero-order valence-electron chi connectivity index (χ0n) is 10.2. The fourth-order valence-corrected chi connectivity index (χ4v) is 2.73. The van der Waals surface area contributed by atoms with Crippen LogP contribution in [-0.2, 0) is 9.47 Å². The molecule has 2 fully saturated rings. The number of halogens is 1. The van der Waals surface area contributed by atoms with Crippen molar-refractivity contribution in [2.45, 2.75) is 63.0 Å². The maximum Gasteiger partial charge on any atom is 0.100 e. The molecule has 0 aromatic rings. The standard InChI is InChI=1S/C13H23ClO2/c1-2-7-16-13-11(14)9-12(13)15-8-6-10-4-3-5-10/h10-13H,2-9H2,1H3. The van der Waals surface area contributed by atoms with Crippen LogP contribution in [0.1, 0.15) is 45.4 Å². The second-order valence-corrected chi connectivity index (χ2v) is 5.64. The van der Waals surface area contributed by atoms with Gasteiger partial charge in [-0.25, -0.2) is 0 Å². The van der Waals surface area contributed by atoms with Gasteiger partial charge in [0.05, 0.1) is 11.5 Å². The quantitative estimate of drug-likeness (QED) is 0.642. The summed E-state index contributed by atoms with van der Waals surface area (Å²) in [7, 11) is 0. The van der Waals surface area contributed by atoms with Gasteiger partial charge in [-0.05, 0) is 25.2 Å². The summed E-state index contributed by atoms with van der Waals surface area (Å²) in [5.41, 5.74) is 0. The number of alkyl halides is 1. The van der Waals surface area contributed by atoms with Crippen molar-refractivity contribution in [2.24, 2.45) is 5.92 Å². The minimum absolute atomic E-state index is 0.142. The Kier molecular flexibility index (Phi) is 4.93. The van der Waals surface area contributed by atoms with E-state index in [0.29, 0.717) is 0 Å². The predicted molar refractivity (Wildman–Crippen MR) is 66.0 cm³/mol. The third kappa shape index (κ3) is 3.12. The molecule has 0 saturated heterocycles. The van der Waals surface area contributed by atoms with Crippen molar-refractivity contribution in [1.82, 2.24) is 0 Å². The molecule has 2 aliphatic rings. The lowest BCUT2D eigenvalue weighted by Crippen LogP contribution is -2.51. The minimum Gasteiger partial charge on any atom is -0.375 e. The number of hydrogen-bond acceptors (Lipinski definition) is 2. The smallest absolute Gasteiger partial charge is 0.100 e. The Hall–Kier alpha value is 0.210. The molecule has 0 radical (unpaired) electrons. The normalized spacial score (nSPS) is 34.5. The molecule has 0 amide bonds. The van der Waals surface area contributed by atoms with E-state index in [1.807, 2.05) is 0 Å². The van der Waals surface area contributed by atoms with Crippen LogP contribution < -0.4 is 0 Å². The van der Waals surface area contributed by atoms with E-state index in [2.05, 4.69) is 6.92 Å². The van der Waals surface area contributed by atoms with Crippen molar-refractivity contribution in [1.29, 1.82) is 0 Å². The lowest BCUT2D eigenvalue weighted by atomic mass is 9.83. The summed E-state index contributed by atoms with van der Waals surface area (Å²) in [6.07, 6.45) is 7.86. The molecule has 0 bridgehead atoms. The molecule has 0 N–H and O–H groups in total. The first-order chi connectivity index (χ1) is 7.81. The van der Waals surface area contributed by atoms with Crippen LogP contribution in [0.15, 0.2) is 0 Å². The Morgan fingerprint density at radius 2 is 2.00 bits per heavy atom. The van der Waals surface area contributed by atoms with Crippen molar-refractivity contribution < 1.29 is 9.47 Å². The highest BCUT2D eigenvalue weighted by atomic mass is 35.5. The molecule has 2 nitrogen and oxygen atoms in total. The third-order valence-electron chi connectivity index (χ3n) is 3.78. The summed E-state index contributed by atoms with van der Waals surface area (Å²) in [6, 6.07) is 0. The lowest BCUT2D eigenvalue weighted by Gasteiger charge is -2.41. The van der Waals surface area contributed by atoms with Gasteiger partial charge in [0.25, 0.3) is 0 Å². The molecule has 0 heterocycles. The fraction of sp³-hybridized carbons (Fsp3) is 1.00. The lowest BCUT2D eigenvalue weighted by molar-refractivity contribution is -0.126. The molecule has 2 rings (SSSR count). The summed E-state index contributed by atoms with van der Waals surface area (Å²) in [5, 5.41) is 0.167. The molecule has 0 aliphatic heterocycles. The average Bonchev–Trinajstić information content (AvgIpc) is 2.20. The van der Waals surface area contributed by atoms with Gasteiger partial charge in [0, 0.05) is 13.2 Å². The summed E-state index contributed by atoms with van der Waals surface area (Å²) in [5.74, 6) is 0.932. The maximum absolute atomic E-state index is 6.12. The van der Waals surface area contributed by atoms with Crippen LogP contribution in [0.5, 0.6) is 0 Å². The Morgan fingerprint density at radius 1 is 1.19 bits per heavy atom. The van der Waals surface area contributed by atoms with Crippen molar-refractivity contribution in [2.75, 3.05) is 13.2 Å². The Labute approximate surface area is 104 Å². The van der Waals surface area contributed by atoms with Crippen LogP contribution in [-0.4, -0.2) is 30.8 Å². The van der Waals surface area contributed by atoms with Crippen molar-refractivity contribution in [3.8, 4) is 0 Å². The Balaban J connectivity index is 1.57. The molecular formula is C13H23ClO2. The monoisotopic (exact) mass is 246 g/mol. The molecule has 2 saturated carbocycles. The molecule has 3 unspecified atom stereocenters. The molecule has 94 valence electrons. The summed E-state index contributed by atoms with van der Waals surface area (Å²) in [6.45, 7) is 3.82. The van der Waals surface area contributed by atoms with Gasteiger partial charge in [0.2, 0.25) is 0 Å². The van der Waals surface area contributed by atoms with E-state index in [4.69, 9.17) is 21.1 Å². The molecule has 3 atom stereocenters. The van der Waals surface area contributed by atoms with E-state index in [0.717, 1.165) is 32.0 Å². The highest BCUT2D eigenvalue weighted by molar-refractivity contribution is 6.21. The molecule has 2 aliphatic carbocycles. The summed E-state index contributed by atoms with van der Waals surface area (Å²) >= 11 is 6.12. The Morgan fingerprint density at radius 3 is 2.56 bits per heavy atom. The van der Waals surface area contributed by atoms with Gasteiger partial charge < -0.3 is 9.47 Å². The highest BCUT2D eigenvalue weighted by Gasteiger charge is 2.41. The zero-order chi connectivity index (χ0) is 11.4. The first-order valence-electron chi connectivity index (χ1n) is 6.68. The molecule has 0 aromatic carbocycles. The number of ether oxygens (including phenoxy) is 2. The minimum atomic E-state index is 0.142. The molecule has 0 aromatic heterocycles. The number of rotatable bonds is 7. The molecule has 16 heavy (non-hydrogen) atoms. The largest absolute Gasteiger partial charge is 0.375 e. The van der Waals surface area contributed by atoms with Crippen molar-refractivity contribution in [3.05, 3.63) is 0 Å². The second-order valence-electron chi connectivity index (χ2n) is 5.08. The van der Waals surface area contributed by atoms with E-state index in [1.54, 1.807) is 0 Å². The van der Waals surface area contributed by atoms with Crippen molar-refractivity contribution in [3.63, 3.8) is 0 Å². The van der Waals surface area contributed by atoms with Gasteiger partial charge in [-0.15, -0.1) is 11.6 Å². The van der Waals surface area contributed by atoms with Gasteiger partial charge in [-0.1, -0.05) is 26.2 Å². The first kappa shape index (κ1) is 12.7. The van der Waals surface area contributed by atoms with Crippen LogP contribution in [0.25, 0.3) is 0 Å². The summed E-state index contributed by atoms with van der Waals surface area (Å²) in [4.78, 5) is 0. The van der Waals surface area contributed by atoms with Crippen LogP contribution in [0.2, 0.25) is 0 Å². The van der Waals surface area contributed by atoms with Gasteiger partial charge in [-0.2, -0.15) is 0 Å². The maximum atomic E-state index is 6.12. The summed E-state index contributed by atoms with van der Waals surface area (Å²) < 4.78 is 11.5. The van der Waals surface area contributed by atoms with Gasteiger partial charge in [0.1, 0.15) is 6.10 Å². The first-order valence-corrected chi connectivity index (χ1v) is 7.12. The van der Waals surface area contributed by atoms with Gasteiger partial charge >= 0.3 is 0 Å². The van der Waals surface area contributed by atoms with E-state index < -0.39 is 0 Å². The predicted octanol–water partition coefficient (Wildman–Crippen LogP) is 3.37. The molecule has 0 spiro atoms. The fourth-order valence-electron chi connectivity index (χ4n) is 2.32. The van der Waals surface area contributed by atoms with Crippen molar-refractivity contribution >= 4 is 11.6 Å². The van der Waals surface area contributed by atoms with E-state index in [-0.39, 0.29) is 17.6 Å². The highest BCUT2D eigenvalue weighted by Crippen LogP contribution is 2.33. The van der Waals surface area contributed by atoms with E-state index in [1.165, 1.54) is 25.7 Å². The van der Waals surface area contributed by atoms with Gasteiger partial charge in [-0.3, -0.25) is 0 Å². The van der Waals surface area contributed by atoms with Crippen LogP contribution >= 0.6 is 11.6 Å². The topological polar surface area (TPSA) is 18.5 Å². The van der Waals surface area contributed by atoms with Crippen LogP contribution in [0.3, 0.4) is 0 Å². The van der Waals surface area contributed by atoms with Crippen LogP contribution in [0, 0.1) is 5.92 Å². The average molecular weight is 247 g/mol. The zero-order valence-corrected chi connectivity index (χ0v) is 10.9. The second kappa shape index (κ2) is 6.23. The van der Waals surface area contributed by atoms with Crippen LogP contribution in [0.4, 0.5) is 0 Å².